The first-order valence-electron chi connectivity index (χ1n) is 8.36. The summed E-state index contributed by atoms with van der Waals surface area (Å²) in [6, 6.07) is 10.4. The minimum atomic E-state index is -0.297. The zero-order chi connectivity index (χ0) is 18.7. The van der Waals surface area contributed by atoms with Crippen LogP contribution in [0, 0.1) is 0 Å². The smallest absolute Gasteiger partial charge is 0.261 e. The van der Waals surface area contributed by atoms with Gasteiger partial charge in [0.1, 0.15) is 5.82 Å². The summed E-state index contributed by atoms with van der Waals surface area (Å²) in [5, 5.41) is 2.76. The van der Waals surface area contributed by atoms with Crippen molar-refractivity contribution >= 4 is 29.2 Å². The van der Waals surface area contributed by atoms with Crippen molar-refractivity contribution in [1.29, 1.82) is 0 Å². The maximum absolute atomic E-state index is 12.3. The maximum atomic E-state index is 12.3. The van der Waals surface area contributed by atoms with Crippen molar-refractivity contribution in [2.75, 3.05) is 30.9 Å². The van der Waals surface area contributed by atoms with Crippen LogP contribution in [0.4, 0.5) is 11.5 Å². The van der Waals surface area contributed by atoms with E-state index >= 15 is 0 Å². The van der Waals surface area contributed by atoms with Gasteiger partial charge < -0.3 is 10.2 Å². The van der Waals surface area contributed by atoms with Crippen LogP contribution in [-0.2, 0) is 4.79 Å². The van der Waals surface area contributed by atoms with E-state index in [-0.39, 0.29) is 30.7 Å². The van der Waals surface area contributed by atoms with Crippen LogP contribution in [0.1, 0.15) is 33.6 Å². The maximum Gasteiger partial charge on any atom is 0.261 e. The highest BCUT2D eigenvalue weighted by molar-refractivity contribution is 6.21. The summed E-state index contributed by atoms with van der Waals surface area (Å²) in [5.74, 6) is 0.0265. The lowest BCUT2D eigenvalue weighted by Gasteiger charge is -2.14. The molecule has 7 heteroatoms. The number of aromatic nitrogens is 1. The van der Waals surface area contributed by atoms with Crippen molar-refractivity contribution in [3.8, 4) is 0 Å². The van der Waals surface area contributed by atoms with E-state index in [0.29, 0.717) is 23.2 Å². The van der Waals surface area contributed by atoms with Gasteiger partial charge in [-0.2, -0.15) is 0 Å². The Morgan fingerprint density at radius 3 is 2.27 bits per heavy atom. The summed E-state index contributed by atoms with van der Waals surface area (Å²) in [6.45, 7) is 0.220. The van der Waals surface area contributed by atoms with Crippen LogP contribution in [0.5, 0.6) is 0 Å². The lowest BCUT2D eigenvalue weighted by Crippen LogP contribution is -2.31. The normalized spacial score (nSPS) is 12.9. The van der Waals surface area contributed by atoms with E-state index in [2.05, 4.69) is 10.3 Å². The standard InChI is InChI=1S/C19H20N4O3/c1-22(2)16-10-9-13(12-20-16)21-17(24)8-5-11-23-18(25)14-6-3-4-7-15(14)19(23)26/h3-4,6-7,9-10,12H,5,8,11H2,1-2H3,(H,21,24). The summed E-state index contributed by atoms with van der Waals surface area (Å²) < 4.78 is 0. The quantitative estimate of drug-likeness (QED) is 0.806. The van der Waals surface area contributed by atoms with Crippen molar-refractivity contribution in [1.82, 2.24) is 9.88 Å². The van der Waals surface area contributed by atoms with Crippen LogP contribution in [0.2, 0.25) is 0 Å². The molecule has 3 amide bonds. The average Bonchev–Trinajstić information content (AvgIpc) is 2.87. The van der Waals surface area contributed by atoms with Crippen LogP contribution in [0.25, 0.3) is 0 Å². The number of rotatable bonds is 6. The summed E-state index contributed by atoms with van der Waals surface area (Å²) in [5.41, 5.74) is 1.46. The molecule has 0 atom stereocenters. The van der Waals surface area contributed by atoms with Gasteiger partial charge >= 0.3 is 0 Å². The van der Waals surface area contributed by atoms with Crippen molar-refractivity contribution in [3.05, 3.63) is 53.7 Å². The molecule has 1 aromatic heterocycles. The number of anilines is 2. The topological polar surface area (TPSA) is 82.6 Å². The number of pyridine rings is 1. The molecule has 1 aromatic carbocycles. The molecule has 0 saturated heterocycles. The third-order valence-electron chi connectivity index (χ3n) is 4.15. The molecule has 0 radical (unpaired) electrons. The number of carbonyl (C=O) groups is 3. The highest BCUT2D eigenvalue weighted by atomic mass is 16.2. The van der Waals surface area contributed by atoms with E-state index in [9.17, 15) is 14.4 Å². The summed E-state index contributed by atoms with van der Waals surface area (Å²) in [4.78, 5) is 43.9. The number of nitrogens with one attached hydrogen (secondary N) is 1. The largest absolute Gasteiger partial charge is 0.363 e. The molecule has 26 heavy (non-hydrogen) atoms. The Hall–Kier alpha value is -3.22. The number of carbonyl (C=O) groups excluding carboxylic acids is 3. The number of hydrogen-bond acceptors (Lipinski definition) is 5. The second-order valence-electron chi connectivity index (χ2n) is 6.26. The van der Waals surface area contributed by atoms with E-state index in [1.165, 1.54) is 4.90 Å². The number of nitrogens with zero attached hydrogens (tertiary/aromatic N) is 3. The molecule has 0 bridgehead atoms. The molecule has 0 aliphatic carbocycles. The van der Waals surface area contributed by atoms with Crippen LogP contribution < -0.4 is 10.2 Å². The highest BCUT2D eigenvalue weighted by Crippen LogP contribution is 2.22. The first-order chi connectivity index (χ1) is 12.5. The van der Waals surface area contributed by atoms with Gasteiger partial charge in [0, 0.05) is 27.1 Å². The second-order valence-corrected chi connectivity index (χ2v) is 6.26. The minimum Gasteiger partial charge on any atom is -0.363 e. The number of amides is 3. The third kappa shape index (κ3) is 3.56. The Labute approximate surface area is 151 Å². The van der Waals surface area contributed by atoms with Crippen LogP contribution >= 0.6 is 0 Å². The predicted molar refractivity (Wildman–Crippen MR) is 98.2 cm³/mol. The molecule has 3 rings (SSSR count). The zero-order valence-corrected chi connectivity index (χ0v) is 14.7. The van der Waals surface area contributed by atoms with E-state index in [1.807, 2.05) is 25.1 Å². The molecule has 1 aliphatic rings. The Balaban J connectivity index is 1.50. The van der Waals surface area contributed by atoms with Crippen molar-refractivity contribution in [3.63, 3.8) is 0 Å². The number of hydrogen-bond donors (Lipinski definition) is 1. The van der Waals surface area contributed by atoms with Gasteiger partial charge in [-0.3, -0.25) is 19.3 Å². The summed E-state index contributed by atoms with van der Waals surface area (Å²) in [7, 11) is 3.78. The molecule has 0 saturated carbocycles. The molecule has 0 unspecified atom stereocenters. The van der Waals surface area contributed by atoms with Crippen LogP contribution in [-0.4, -0.2) is 48.2 Å². The Morgan fingerprint density at radius 2 is 1.73 bits per heavy atom. The van der Waals surface area contributed by atoms with Gasteiger partial charge in [-0.05, 0) is 30.7 Å². The SMILES string of the molecule is CN(C)c1ccc(NC(=O)CCCN2C(=O)c3ccccc3C2=O)cn1. The number of imide groups is 1. The molecule has 1 aliphatic heterocycles. The van der Waals surface area contributed by atoms with Gasteiger partial charge in [0.2, 0.25) is 5.91 Å². The van der Waals surface area contributed by atoms with Crippen molar-refractivity contribution in [2.45, 2.75) is 12.8 Å². The number of benzene rings is 1. The second kappa shape index (κ2) is 7.35. The van der Waals surface area contributed by atoms with E-state index < -0.39 is 0 Å². The molecule has 2 heterocycles. The molecule has 2 aromatic rings. The average molecular weight is 352 g/mol. The minimum absolute atomic E-state index is 0.180. The fourth-order valence-electron chi connectivity index (χ4n) is 2.79. The Kier molecular flexibility index (Phi) is 4.97. The first kappa shape index (κ1) is 17.6. The molecule has 7 nitrogen and oxygen atoms in total. The molecule has 0 fully saturated rings. The van der Waals surface area contributed by atoms with E-state index in [4.69, 9.17) is 0 Å². The van der Waals surface area contributed by atoms with Crippen molar-refractivity contribution < 1.29 is 14.4 Å². The third-order valence-corrected chi connectivity index (χ3v) is 4.15. The highest BCUT2D eigenvalue weighted by Gasteiger charge is 2.34. The molecular weight excluding hydrogens is 332 g/mol. The van der Waals surface area contributed by atoms with Gasteiger partial charge in [0.05, 0.1) is 23.0 Å². The number of fused-ring (bicyclic) bond motifs is 1. The van der Waals surface area contributed by atoms with Crippen LogP contribution in [0.3, 0.4) is 0 Å². The lowest BCUT2D eigenvalue weighted by molar-refractivity contribution is -0.116. The lowest BCUT2D eigenvalue weighted by atomic mass is 10.1. The van der Waals surface area contributed by atoms with Gasteiger partial charge in [-0.25, -0.2) is 4.98 Å². The first-order valence-corrected chi connectivity index (χ1v) is 8.36. The molecule has 0 spiro atoms. The van der Waals surface area contributed by atoms with Crippen LogP contribution in [0.15, 0.2) is 42.6 Å². The Morgan fingerprint density at radius 1 is 1.08 bits per heavy atom. The fourth-order valence-corrected chi connectivity index (χ4v) is 2.79. The van der Waals surface area contributed by atoms with Gasteiger partial charge in [-0.1, -0.05) is 12.1 Å². The predicted octanol–water partition coefficient (Wildman–Crippen LogP) is 2.16. The zero-order valence-electron chi connectivity index (χ0n) is 14.7. The van der Waals surface area contributed by atoms with Gasteiger partial charge in [0.25, 0.3) is 11.8 Å². The Bertz CT molecular complexity index is 811. The fraction of sp³-hybridized carbons (Fsp3) is 0.263. The van der Waals surface area contributed by atoms with Crippen molar-refractivity contribution in [2.24, 2.45) is 0 Å². The van der Waals surface area contributed by atoms with Gasteiger partial charge in [-0.15, -0.1) is 0 Å². The summed E-state index contributed by atoms with van der Waals surface area (Å²) >= 11 is 0. The summed E-state index contributed by atoms with van der Waals surface area (Å²) in [6.07, 6.45) is 2.21. The molecule has 134 valence electrons. The molecular formula is C19H20N4O3. The van der Waals surface area contributed by atoms with E-state index in [1.54, 1.807) is 36.5 Å². The van der Waals surface area contributed by atoms with Gasteiger partial charge in [0.15, 0.2) is 0 Å². The monoisotopic (exact) mass is 352 g/mol. The molecule has 1 N–H and O–H groups in total. The van der Waals surface area contributed by atoms with E-state index in [0.717, 1.165) is 5.82 Å².